The number of fused-ring (bicyclic) bond motifs is 2. The molecule has 2 N–H and O–H groups in total. The Morgan fingerprint density at radius 2 is 1.85 bits per heavy atom. The minimum absolute atomic E-state index is 0.0891. The molecular weight excluding hydrogens is 501 g/mol. The van der Waals surface area contributed by atoms with Crippen molar-refractivity contribution in [3.05, 3.63) is 53.9 Å². The first-order valence-corrected chi connectivity index (χ1v) is 13.9. The van der Waals surface area contributed by atoms with E-state index in [0.717, 1.165) is 50.8 Å². The van der Waals surface area contributed by atoms with E-state index in [1.807, 2.05) is 29.2 Å². The summed E-state index contributed by atoms with van der Waals surface area (Å²) in [7, 11) is 0. The third-order valence-corrected chi connectivity index (χ3v) is 8.50. The molecule has 0 bridgehead atoms. The van der Waals surface area contributed by atoms with Crippen LogP contribution in [0.4, 0.5) is 4.39 Å². The molecule has 3 aromatic rings. The smallest absolute Gasteiger partial charge is 0.226 e. The Balaban J connectivity index is 1.05. The highest BCUT2D eigenvalue weighted by Gasteiger charge is 2.48. The third-order valence-electron chi connectivity index (χ3n) is 8.50. The Labute approximate surface area is 225 Å². The number of hydrogen-bond donors (Lipinski definition) is 2. The topological polar surface area (TPSA) is 96.9 Å². The van der Waals surface area contributed by atoms with Crippen molar-refractivity contribution in [1.82, 2.24) is 14.9 Å². The second kappa shape index (κ2) is 10.0. The van der Waals surface area contributed by atoms with Crippen molar-refractivity contribution < 1.29 is 28.5 Å². The van der Waals surface area contributed by atoms with E-state index in [4.69, 9.17) is 14.2 Å². The van der Waals surface area contributed by atoms with Crippen LogP contribution in [0, 0.1) is 11.7 Å². The maximum atomic E-state index is 15.1. The number of aliphatic hydroxyl groups excluding tert-OH is 1. The lowest BCUT2D eigenvalue weighted by atomic mass is 9.85. The first-order valence-electron chi connectivity index (χ1n) is 13.9. The Hall–Kier alpha value is -3.27. The summed E-state index contributed by atoms with van der Waals surface area (Å²) in [5, 5.41) is 9.94. The first-order chi connectivity index (χ1) is 19.0. The number of ether oxygens (including phenoxy) is 3. The van der Waals surface area contributed by atoms with Crippen LogP contribution in [0.1, 0.15) is 37.7 Å². The van der Waals surface area contributed by atoms with E-state index in [9.17, 15) is 9.90 Å². The van der Waals surface area contributed by atoms with Crippen LogP contribution >= 0.6 is 0 Å². The van der Waals surface area contributed by atoms with E-state index in [1.165, 1.54) is 11.6 Å². The summed E-state index contributed by atoms with van der Waals surface area (Å²) in [6.07, 6.45) is 5.22. The van der Waals surface area contributed by atoms with Crippen molar-refractivity contribution in [2.45, 2.75) is 56.5 Å². The molecule has 0 saturated carbocycles. The van der Waals surface area contributed by atoms with Crippen molar-refractivity contribution in [1.29, 1.82) is 0 Å². The van der Waals surface area contributed by atoms with Crippen molar-refractivity contribution >= 4 is 22.5 Å². The molecule has 1 amide bonds. The van der Waals surface area contributed by atoms with Crippen LogP contribution < -0.4 is 4.74 Å². The number of aromatic amines is 1. The molecule has 3 fully saturated rings. The van der Waals surface area contributed by atoms with Gasteiger partial charge in [-0.3, -0.25) is 4.79 Å². The Bertz CT molecular complexity index is 1410. The van der Waals surface area contributed by atoms with Crippen molar-refractivity contribution in [2.24, 2.45) is 5.92 Å². The van der Waals surface area contributed by atoms with Gasteiger partial charge in [-0.2, -0.15) is 0 Å². The number of H-pyrrole nitrogens is 1. The van der Waals surface area contributed by atoms with E-state index in [-0.39, 0.29) is 36.5 Å². The molecule has 1 aromatic carbocycles. The summed E-state index contributed by atoms with van der Waals surface area (Å²) in [5.41, 5.74) is 4.44. The second-order valence-corrected chi connectivity index (χ2v) is 11.0. The molecule has 9 heteroatoms. The highest BCUT2D eigenvalue weighted by atomic mass is 19.1. The number of carbonyl (C=O) groups is 1. The Kier molecular flexibility index (Phi) is 6.37. The number of halogens is 1. The maximum Gasteiger partial charge on any atom is 0.226 e. The number of hydrogen-bond acceptors (Lipinski definition) is 6. The van der Waals surface area contributed by atoms with Crippen molar-refractivity contribution in [2.75, 3.05) is 26.3 Å². The van der Waals surface area contributed by atoms with Crippen LogP contribution in [0.5, 0.6) is 5.88 Å². The van der Waals surface area contributed by atoms with Gasteiger partial charge in [0.25, 0.3) is 0 Å². The lowest BCUT2D eigenvalue weighted by molar-refractivity contribution is -0.134. The van der Waals surface area contributed by atoms with Gasteiger partial charge in [0.2, 0.25) is 5.91 Å². The fourth-order valence-electron chi connectivity index (χ4n) is 6.34. The number of nitrogens with one attached hydrogen (secondary N) is 1. The van der Waals surface area contributed by atoms with Crippen LogP contribution in [0.2, 0.25) is 0 Å². The van der Waals surface area contributed by atoms with Gasteiger partial charge in [-0.1, -0.05) is 30.3 Å². The lowest BCUT2D eigenvalue weighted by Crippen LogP contribution is -2.34. The standard InChI is InChI=1S/C30H32FN3O5/c31-21-13-22-23(14-26(32-22)39-25-16-38-28-24(35)15-37-29(25)28)33-27(21)19-7-3-17(4-8-19)18-5-9-20(10-6-18)30(36)34-11-1-2-12-34/h3-5,7-8,13-14,20,24-25,28-29,32,35H,1-2,6,9-12,15-16H2/t20?,24-,25-,28-,29-/m1/s1. The van der Waals surface area contributed by atoms with Gasteiger partial charge in [-0.05, 0) is 43.2 Å². The van der Waals surface area contributed by atoms with Crippen LogP contribution in [0.15, 0.2) is 42.5 Å². The molecule has 1 aliphatic carbocycles. The van der Waals surface area contributed by atoms with E-state index in [1.54, 1.807) is 6.07 Å². The quantitative estimate of drug-likeness (QED) is 0.513. The minimum Gasteiger partial charge on any atom is -0.470 e. The fourth-order valence-corrected chi connectivity index (χ4v) is 6.34. The first kappa shape index (κ1) is 24.7. The average Bonchev–Trinajstić information content (AvgIpc) is 3.76. The van der Waals surface area contributed by atoms with Gasteiger partial charge in [0.05, 0.1) is 24.2 Å². The average molecular weight is 534 g/mol. The lowest BCUT2D eigenvalue weighted by Gasteiger charge is -2.26. The highest BCUT2D eigenvalue weighted by Crippen LogP contribution is 2.34. The number of rotatable bonds is 5. The minimum atomic E-state index is -0.647. The Morgan fingerprint density at radius 1 is 1.08 bits per heavy atom. The van der Waals surface area contributed by atoms with Gasteiger partial charge >= 0.3 is 0 Å². The summed E-state index contributed by atoms with van der Waals surface area (Å²) in [5.74, 6) is 0.427. The third kappa shape index (κ3) is 4.62. The highest BCUT2D eigenvalue weighted by molar-refractivity contribution is 5.82. The number of amides is 1. The molecular formula is C30H32FN3O5. The van der Waals surface area contributed by atoms with Gasteiger partial charge in [0.1, 0.15) is 24.0 Å². The second-order valence-electron chi connectivity index (χ2n) is 11.0. The maximum absolute atomic E-state index is 15.1. The van der Waals surface area contributed by atoms with Gasteiger partial charge in [0.15, 0.2) is 17.8 Å². The molecule has 0 spiro atoms. The summed E-state index contributed by atoms with van der Waals surface area (Å²) < 4.78 is 32.4. The van der Waals surface area contributed by atoms with Crippen molar-refractivity contribution in [3.8, 4) is 17.1 Å². The molecule has 1 unspecified atom stereocenters. The zero-order valence-electron chi connectivity index (χ0n) is 21.6. The number of allylic oxidation sites excluding steroid dienone is 2. The summed E-state index contributed by atoms with van der Waals surface area (Å²) >= 11 is 0. The van der Waals surface area contributed by atoms with E-state index >= 15 is 4.39 Å². The summed E-state index contributed by atoms with van der Waals surface area (Å²) in [4.78, 5) is 22.4. The Morgan fingerprint density at radius 3 is 2.62 bits per heavy atom. The SMILES string of the molecule is O=C(C1CC=C(c2ccc(-c3nc4cc(O[C@@H]5CO[C@H]6[C@@H]5OC[C@H]6O)[nH]c4cc3F)cc2)CC1)N1CCCC1. The van der Waals surface area contributed by atoms with Crippen LogP contribution in [-0.4, -0.2) is 76.6 Å². The van der Waals surface area contributed by atoms with Crippen LogP contribution in [0.3, 0.4) is 0 Å². The summed E-state index contributed by atoms with van der Waals surface area (Å²) in [6, 6.07) is 11.0. The summed E-state index contributed by atoms with van der Waals surface area (Å²) in [6.45, 7) is 2.34. The molecule has 7 rings (SSSR count). The van der Waals surface area contributed by atoms with Crippen molar-refractivity contribution in [3.63, 3.8) is 0 Å². The molecule has 3 saturated heterocycles. The van der Waals surface area contributed by atoms with Gasteiger partial charge < -0.3 is 29.2 Å². The zero-order chi connectivity index (χ0) is 26.5. The number of likely N-dealkylation sites (tertiary alicyclic amines) is 1. The number of carbonyl (C=O) groups excluding carboxylic acids is 1. The molecule has 5 atom stereocenters. The molecule has 4 aliphatic rings. The number of aromatic nitrogens is 2. The largest absolute Gasteiger partial charge is 0.470 e. The predicted octanol–water partition coefficient (Wildman–Crippen LogP) is 4.08. The molecule has 204 valence electrons. The normalized spacial score (nSPS) is 28.6. The van der Waals surface area contributed by atoms with E-state index in [0.29, 0.717) is 35.0 Å². The van der Waals surface area contributed by atoms with Gasteiger partial charge in [0, 0.05) is 36.7 Å². The molecule has 39 heavy (non-hydrogen) atoms. The molecule has 2 aromatic heterocycles. The number of aliphatic hydroxyl groups is 1. The molecule has 8 nitrogen and oxygen atoms in total. The monoisotopic (exact) mass is 533 g/mol. The molecule has 3 aliphatic heterocycles. The number of pyridine rings is 1. The number of benzene rings is 1. The van der Waals surface area contributed by atoms with E-state index in [2.05, 4.69) is 16.0 Å². The fraction of sp³-hybridized carbons (Fsp3) is 0.467. The zero-order valence-corrected chi connectivity index (χ0v) is 21.6. The van der Waals surface area contributed by atoms with E-state index < -0.39 is 11.9 Å². The molecule has 0 radical (unpaired) electrons. The van der Waals surface area contributed by atoms with Gasteiger partial charge in [-0.15, -0.1) is 0 Å². The number of nitrogens with zero attached hydrogens (tertiary/aromatic N) is 2. The van der Waals surface area contributed by atoms with Crippen LogP contribution in [-0.2, 0) is 14.3 Å². The predicted molar refractivity (Wildman–Crippen MR) is 143 cm³/mol. The van der Waals surface area contributed by atoms with Gasteiger partial charge in [-0.25, -0.2) is 9.37 Å². The van der Waals surface area contributed by atoms with Crippen LogP contribution in [0.25, 0.3) is 27.9 Å². The molecule has 5 heterocycles.